The Morgan fingerprint density at radius 3 is 2.55 bits per heavy atom. The zero-order valence-corrected chi connectivity index (χ0v) is 17.8. The van der Waals surface area contributed by atoms with E-state index in [0.29, 0.717) is 10.6 Å². The predicted octanol–water partition coefficient (Wildman–Crippen LogP) is 3.33. The lowest BCUT2D eigenvalue weighted by Crippen LogP contribution is -2.36. The van der Waals surface area contributed by atoms with Crippen molar-refractivity contribution < 1.29 is 23.9 Å². The van der Waals surface area contributed by atoms with Crippen molar-refractivity contribution in [1.82, 2.24) is 0 Å². The van der Waals surface area contributed by atoms with Gasteiger partial charge in [-0.05, 0) is 43.9 Å². The number of aryl methyl sites for hydroxylation is 2. The first-order valence-electron chi connectivity index (χ1n) is 9.30. The van der Waals surface area contributed by atoms with Crippen molar-refractivity contribution in [2.75, 3.05) is 37.5 Å². The SMILES string of the molecule is COC(=O)c1sc(NC(=O)CN2CCCc3cc(C)ccc32)c(C(=O)OC)c1C. The van der Waals surface area contributed by atoms with Crippen LogP contribution < -0.4 is 10.2 Å². The first kappa shape index (κ1) is 20.9. The minimum atomic E-state index is -0.608. The number of fused-ring (bicyclic) bond motifs is 1. The van der Waals surface area contributed by atoms with Crippen LogP contribution in [0.1, 0.15) is 43.1 Å². The first-order chi connectivity index (χ1) is 13.8. The molecule has 1 amide bonds. The second kappa shape index (κ2) is 8.65. The molecule has 154 valence electrons. The number of esters is 2. The van der Waals surface area contributed by atoms with Crippen LogP contribution in [-0.4, -0.2) is 45.2 Å². The number of ether oxygens (including phenoxy) is 2. The smallest absolute Gasteiger partial charge is 0.348 e. The van der Waals surface area contributed by atoms with Crippen LogP contribution in [0.4, 0.5) is 10.7 Å². The summed E-state index contributed by atoms with van der Waals surface area (Å²) < 4.78 is 9.60. The van der Waals surface area contributed by atoms with E-state index in [-0.39, 0.29) is 22.9 Å². The number of hydrogen-bond donors (Lipinski definition) is 1. The van der Waals surface area contributed by atoms with E-state index in [1.54, 1.807) is 6.92 Å². The molecule has 8 heteroatoms. The van der Waals surface area contributed by atoms with Gasteiger partial charge in [-0.1, -0.05) is 17.7 Å². The minimum Gasteiger partial charge on any atom is -0.465 e. The van der Waals surface area contributed by atoms with Gasteiger partial charge in [0.05, 0.1) is 26.3 Å². The number of anilines is 2. The molecule has 0 saturated heterocycles. The number of hydrogen-bond acceptors (Lipinski definition) is 7. The van der Waals surface area contributed by atoms with Crippen LogP contribution in [0, 0.1) is 13.8 Å². The standard InChI is InChI=1S/C21H24N2O5S/c1-12-7-8-15-14(10-12)6-5-9-23(15)11-16(24)22-19-17(20(25)27-3)13(2)18(29-19)21(26)28-4/h7-8,10H,5-6,9,11H2,1-4H3,(H,22,24). The Kier molecular flexibility index (Phi) is 6.22. The summed E-state index contributed by atoms with van der Waals surface area (Å²) in [5.74, 6) is -1.43. The van der Waals surface area contributed by atoms with Crippen LogP contribution in [0.2, 0.25) is 0 Å². The van der Waals surface area contributed by atoms with Crippen LogP contribution in [0.3, 0.4) is 0 Å². The van der Waals surface area contributed by atoms with E-state index in [4.69, 9.17) is 9.47 Å². The molecule has 29 heavy (non-hydrogen) atoms. The summed E-state index contributed by atoms with van der Waals surface area (Å²) in [6, 6.07) is 6.23. The van der Waals surface area contributed by atoms with Crippen molar-refractivity contribution >= 4 is 39.9 Å². The van der Waals surface area contributed by atoms with Gasteiger partial charge in [-0.2, -0.15) is 0 Å². The molecule has 2 heterocycles. The maximum atomic E-state index is 12.8. The number of carbonyl (C=O) groups is 3. The summed E-state index contributed by atoms with van der Waals surface area (Å²) in [5.41, 5.74) is 4.10. The van der Waals surface area contributed by atoms with Gasteiger partial charge in [-0.15, -0.1) is 11.3 Å². The second-order valence-corrected chi connectivity index (χ2v) is 7.97. The van der Waals surface area contributed by atoms with Gasteiger partial charge >= 0.3 is 11.9 Å². The molecule has 1 aromatic heterocycles. The van der Waals surface area contributed by atoms with Gasteiger partial charge in [0.2, 0.25) is 5.91 Å². The van der Waals surface area contributed by atoms with E-state index in [1.807, 2.05) is 17.0 Å². The molecule has 1 aromatic carbocycles. The van der Waals surface area contributed by atoms with E-state index in [0.717, 1.165) is 36.4 Å². The molecule has 0 spiro atoms. The lowest BCUT2D eigenvalue weighted by molar-refractivity contribution is -0.115. The third kappa shape index (κ3) is 4.27. The largest absolute Gasteiger partial charge is 0.465 e. The van der Waals surface area contributed by atoms with Gasteiger partial charge in [0.25, 0.3) is 0 Å². The van der Waals surface area contributed by atoms with Crippen LogP contribution in [-0.2, 0) is 20.7 Å². The highest BCUT2D eigenvalue weighted by Crippen LogP contribution is 2.34. The Balaban J connectivity index is 1.83. The number of methoxy groups -OCH3 is 2. The Labute approximate surface area is 173 Å². The normalized spacial score (nSPS) is 12.9. The van der Waals surface area contributed by atoms with Crippen LogP contribution in [0.15, 0.2) is 18.2 Å². The maximum absolute atomic E-state index is 12.8. The molecule has 0 atom stereocenters. The van der Waals surface area contributed by atoms with E-state index in [2.05, 4.69) is 18.3 Å². The van der Waals surface area contributed by atoms with E-state index in [9.17, 15) is 14.4 Å². The van der Waals surface area contributed by atoms with E-state index < -0.39 is 11.9 Å². The van der Waals surface area contributed by atoms with Gasteiger partial charge in [0, 0.05) is 12.2 Å². The Morgan fingerprint density at radius 1 is 1.14 bits per heavy atom. The molecule has 0 aliphatic carbocycles. The molecule has 0 saturated carbocycles. The number of carbonyl (C=O) groups excluding carboxylic acids is 3. The molecule has 1 aliphatic rings. The molecule has 7 nitrogen and oxygen atoms in total. The Bertz CT molecular complexity index is 966. The fourth-order valence-electron chi connectivity index (χ4n) is 3.54. The Morgan fingerprint density at radius 2 is 1.86 bits per heavy atom. The maximum Gasteiger partial charge on any atom is 0.348 e. The van der Waals surface area contributed by atoms with Gasteiger partial charge in [-0.3, -0.25) is 4.79 Å². The summed E-state index contributed by atoms with van der Waals surface area (Å²) >= 11 is 1.01. The summed E-state index contributed by atoms with van der Waals surface area (Å²) in [4.78, 5) is 39.3. The number of nitrogens with one attached hydrogen (secondary N) is 1. The fourth-order valence-corrected chi connectivity index (χ4v) is 4.67. The number of rotatable bonds is 5. The van der Waals surface area contributed by atoms with Gasteiger partial charge in [0.1, 0.15) is 9.88 Å². The Hall–Kier alpha value is -2.87. The van der Waals surface area contributed by atoms with E-state index >= 15 is 0 Å². The minimum absolute atomic E-state index is 0.154. The number of thiophene rings is 1. The predicted molar refractivity (Wildman–Crippen MR) is 112 cm³/mol. The monoisotopic (exact) mass is 416 g/mol. The molecular weight excluding hydrogens is 392 g/mol. The molecule has 0 fully saturated rings. The lowest BCUT2D eigenvalue weighted by Gasteiger charge is -2.31. The molecule has 0 unspecified atom stereocenters. The number of amides is 1. The fraction of sp³-hybridized carbons (Fsp3) is 0.381. The molecular formula is C21H24N2O5S. The highest BCUT2D eigenvalue weighted by atomic mass is 32.1. The average Bonchev–Trinajstić information content (AvgIpc) is 3.02. The molecule has 0 radical (unpaired) electrons. The van der Waals surface area contributed by atoms with Crippen molar-refractivity contribution in [3.8, 4) is 0 Å². The van der Waals surface area contributed by atoms with Gasteiger partial charge < -0.3 is 19.7 Å². The number of benzene rings is 1. The van der Waals surface area contributed by atoms with Crippen molar-refractivity contribution in [3.63, 3.8) is 0 Å². The second-order valence-electron chi connectivity index (χ2n) is 6.95. The third-order valence-corrected chi connectivity index (χ3v) is 6.13. The van der Waals surface area contributed by atoms with Crippen molar-refractivity contribution in [2.45, 2.75) is 26.7 Å². The molecule has 3 rings (SSSR count). The average molecular weight is 416 g/mol. The molecule has 2 aromatic rings. The van der Waals surface area contributed by atoms with Crippen molar-refractivity contribution in [1.29, 1.82) is 0 Å². The summed E-state index contributed by atoms with van der Waals surface area (Å²) in [6.07, 6.45) is 1.97. The molecule has 0 bridgehead atoms. The summed E-state index contributed by atoms with van der Waals surface area (Å²) in [6.45, 7) is 4.62. The van der Waals surface area contributed by atoms with E-state index in [1.165, 1.54) is 25.3 Å². The first-order valence-corrected chi connectivity index (χ1v) is 10.1. The highest BCUT2D eigenvalue weighted by molar-refractivity contribution is 7.18. The topological polar surface area (TPSA) is 84.9 Å². The zero-order chi connectivity index (χ0) is 21.1. The number of nitrogens with zero attached hydrogens (tertiary/aromatic N) is 1. The quantitative estimate of drug-likeness (QED) is 0.753. The van der Waals surface area contributed by atoms with Crippen molar-refractivity contribution in [3.05, 3.63) is 45.3 Å². The van der Waals surface area contributed by atoms with Crippen LogP contribution in [0.5, 0.6) is 0 Å². The van der Waals surface area contributed by atoms with Gasteiger partial charge in [-0.25, -0.2) is 9.59 Å². The third-order valence-electron chi connectivity index (χ3n) is 4.94. The van der Waals surface area contributed by atoms with Crippen LogP contribution in [0.25, 0.3) is 0 Å². The summed E-state index contributed by atoms with van der Waals surface area (Å²) in [5, 5.41) is 3.08. The summed E-state index contributed by atoms with van der Waals surface area (Å²) in [7, 11) is 2.53. The van der Waals surface area contributed by atoms with Crippen molar-refractivity contribution in [2.24, 2.45) is 0 Å². The zero-order valence-electron chi connectivity index (χ0n) is 17.0. The molecule has 1 N–H and O–H groups in total. The van der Waals surface area contributed by atoms with Crippen LogP contribution >= 0.6 is 11.3 Å². The molecule has 1 aliphatic heterocycles. The van der Waals surface area contributed by atoms with Gasteiger partial charge in [0.15, 0.2) is 0 Å². The lowest BCUT2D eigenvalue weighted by atomic mass is 9.99. The highest BCUT2D eigenvalue weighted by Gasteiger charge is 2.27.